The SMILES string of the molecule is COc1ccc(CSCC(C)CCl)cc1Br. The van der Waals surface area contributed by atoms with Crippen LogP contribution in [0, 0.1) is 5.92 Å². The van der Waals surface area contributed by atoms with Gasteiger partial charge in [0.1, 0.15) is 5.75 Å². The van der Waals surface area contributed by atoms with Gasteiger partial charge in [-0.25, -0.2) is 0 Å². The molecule has 0 aliphatic heterocycles. The number of alkyl halides is 1. The summed E-state index contributed by atoms with van der Waals surface area (Å²) in [6.07, 6.45) is 0. The third-order valence-electron chi connectivity index (χ3n) is 2.15. The highest BCUT2D eigenvalue weighted by Crippen LogP contribution is 2.27. The van der Waals surface area contributed by atoms with Crippen LogP contribution in [0.4, 0.5) is 0 Å². The van der Waals surface area contributed by atoms with Gasteiger partial charge in [0, 0.05) is 11.6 Å². The Morgan fingerprint density at radius 2 is 2.25 bits per heavy atom. The highest BCUT2D eigenvalue weighted by atomic mass is 79.9. The molecule has 1 atom stereocenters. The van der Waals surface area contributed by atoms with Crippen LogP contribution in [0.1, 0.15) is 12.5 Å². The standard InChI is InChI=1S/C12H16BrClOS/c1-9(6-14)7-16-8-10-3-4-12(15-2)11(13)5-10/h3-5,9H,6-8H2,1-2H3. The lowest BCUT2D eigenvalue weighted by molar-refractivity contribution is 0.412. The average Bonchev–Trinajstić information content (AvgIpc) is 2.29. The first-order chi connectivity index (χ1) is 7.67. The van der Waals surface area contributed by atoms with Gasteiger partial charge in [-0.05, 0) is 45.3 Å². The summed E-state index contributed by atoms with van der Waals surface area (Å²) in [5.41, 5.74) is 1.31. The van der Waals surface area contributed by atoms with E-state index in [0.29, 0.717) is 5.92 Å². The van der Waals surface area contributed by atoms with Crippen LogP contribution in [0.2, 0.25) is 0 Å². The second-order valence-electron chi connectivity index (χ2n) is 3.74. The topological polar surface area (TPSA) is 9.23 Å². The largest absolute Gasteiger partial charge is 0.496 e. The quantitative estimate of drug-likeness (QED) is 0.709. The van der Waals surface area contributed by atoms with Gasteiger partial charge in [0.05, 0.1) is 11.6 Å². The molecule has 0 aromatic heterocycles. The van der Waals surface area contributed by atoms with Crippen molar-refractivity contribution in [1.82, 2.24) is 0 Å². The first-order valence-electron chi connectivity index (χ1n) is 5.13. The van der Waals surface area contributed by atoms with Crippen LogP contribution >= 0.6 is 39.3 Å². The molecule has 1 nitrogen and oxygen atoms in total. The molecule has 1 aromatic carbocycles. The van der Waals surface area contributed by atoms with Crippen molar-refractivity contribution in [1.29, 1.82) is 0 Å². The van der Waals surface area contributed by atoms with Crippen LogP contribution in [0.3, 0.4) is 0 Å². The van der Waals surface area contributed by atoms with Crippen LogP contribution in [-0.2, 0) is 5.75 Å². The lowest BCUT2D eigenvalue weighted by Crippen LogP contribution is -1.99. The summed E-state index contributed by atoms with van der Waals surface area (Å²) in [7, 11) is 1.68. The first-order valence-corrected chi connectivity index (χ1v) is 7.61. The maximum Gasteiger partial charge on any atom is 0.133 e. The number of ether oxygens (including phenoxy) is 1. The summed E-state index contributed by atoms with van der Waals surface area (Å²) in [5, 5.41) is 0. The van der Waals surface area contributed by atoms with E-state index >= 15 is 0 Å². The van der Waals surface area contributed by atoms with Crippen molar-refractivity contribution in [2.45, 2.75) is 12.7 Å². The Hall–Kier alpha value is 0.140. The molecule has 1 unspecified atom stereocenters. The average molecular weight is 324 g/mol. The number of benzene rings is 1. The van der Waals surface area contributed by atoms with Gasteiger partial charge in [0.2, 0.25) is 0 Å². The molecule has 0 aliphatic rings. The normalized spacial score (nSPS) is 12.5. The molecule has 0 N–H and O–H groups in total. The number of methoxy groups -OCH3 is 1. The van der Waals surface area contributed by atoms with E-state index in [4.69, 9.17) is 16.3 Å². The van der Waals surface area contributed by atoms with Gasteiger partial charge in [-0.2, -0.15) is 11.8 Å². The molecule has 0 saturated heterocycles. The van der Waals surface area contributed by atoms with Crippen molar-refractivity contribution in [3.63, 3.8) is 0 Å². The predicted octanol–water partition coefficient (Wildman–Crippen LogP) is 4.57. The lowest BCUT2D eigenvalue weighted by atomic mass is 10.2. The van der Waals surface area contributed by atoms with Crippen LogP contribution in [-0.4, -0.2) is 18.7 Å². The van der Waals surface area contributed by atoms with Crippen molar-refractivity contribution in [3.8, 4) is 5.75 Å². The molecule has 1 rings (SSSR count). The van der Waals surface area contributed by atoms with E-state index in [0.717, 1.165) is 27.6 Å². The van der Waals surface area contributed by atoms with Crippen molar-refractivity contribution < 1.29 is 4.74 Å². The molecule has 0 heterocycles. The van der Waals surface area contributed by atoms with Gasteiger partial charge < -0.3 is 4.74 Å². The van der Waals surface area contributed by atoms with Crippen molar-refractivity contribution >= 4 is 39.3 Å². The van der Waals surface area contributed by atoms with Gasteiger partial charge >= 0.3 is 0 Å². The smallest absolute Gasteiger partial charge is 0.133 e. The van der Waals surface area contributed by atoms with E-state index in [2.05, 4.69) is 35.0 Å². The van der Waals surface area contributed by atoms with Gasteiger partial charge in [-0.3, -0.25) is 0 Å². The zero-order valence-electron chi connectivity index (χ0n) is 9.50. The second-order valence-corrected chi connectivity index (χ2v) is 5.94. The van der Waals surface area contributed by atoms with Crippen molar-refractivity contribution in [2.75, 3.05) is 18.7 Å². The van der Waals surface area contributed by atoms with E-state index < -0.39 is 0 Å². The molecular formula is C12H16BrClOS. The summed E-state index contributed by atoms with van der Waals surface area (Å²) in [4.78, 5) is 0. The Labute approximate surface area is 115 Å². The summed E-state index contributed by atoms with van der Waals surface area (Å²) in [5.74, 6) is 4.31. The fourth-order valence-corrected chi connectivity index (χ4v) is 3.10. The van der Waals surface area contributed by atoms with Gasteiger partial charge in [0.15, 0.2) is 0 Å². The van der Waals surface area contributed by atoms with E-state index in [9.17, 15) is 0 Å². The number of hydrogen-bond donors (Lipinski definition) is 0. The molecule has 0 saturated carbocycles. The predicted molar refractivity (Wildman–Crippen MR) is 76.7 cm³/mol. The minimum Gasteiger partial charge on any atom is -0.496 e. The Kier molecular flexibility index (Phi) is 6.62. The molecule has 0 aliphatic carbocycles. The summed E-state index contributed by atoms with van der Waals surface area (Å²) < 4.78 is 6.20. The Balaban J connectivity index is 2.46. The lowest BCUT2D eigenvalue weighted by Gasteiger charge is -2.08. The number of halogens is 2. The van der Waals surface area contributed by atoms with Crippen molar-refractivity contribution in [2.24, 2.45) is 5.92 Å². The molecular weight excluding hydrogens is 308 g/mol. The summed E-state index contributed by atoms with van der Waals surface area (Å²) >= 11 is 11.2. The van der Waals surface area contributed by atoms with Crippen LogP contribution in [0.15, 0.2) is 22.7 Å². The Morgan fingerprint density at radius 1 is 1.50 bits per heavy atom. The third kappa shape index (κ3) is 4.56. The van der Waals surface area contributed by atoms with Gasteiger partial charge in [-0.15, -0.1) is 11.6 Å². The Morgan fingerprint density at radius 3 is 2.81 bits per heavy atom. The van der Waals surface area contributed by atoms with Crippen LogP contribution < -0.4 is 4.74 Å². The molecule has 0 bridgehead atoms. The maximum atomic E-state index is 5.76. The number of rotatable bonds is 6. The highest BCUT2D eigenvalue weighted by Gasteiger charge is 2.03. The van der Waals surface area contributed by atoms with Crippen molar-refractivity contribution in [3.05, 3.63) is 28.2 Å². The van der Waals surface area contributed by atoms with Crippen LogP contribution in [0.25, 0.3) is 0 Å². The molecule has 0 amide bonds. The summed E-state index contributed by atoms with van der Waals surface area (Å²) in [6.45, 7) is 2.17. The fraction of sp³-hybridized carbons (Fsp3) is 0.500. The second kappa shape index (κ2) is 7.46. The third-order valence-corrected chi connectivity index (χ3v) is 4.64. The molecule has 0 fully saturated rings. The molecule has 90 valence electrons. The fourth-order valence-electron chi connectivity index (χ4n) is 1.22. The van der Waals surface area contributed by atoms with Crippen LogP contribution in [0.5, 0.6) is 5.75 Å². The van der Waals surface area contributed by atoms with E-state index in [1.54, 1.807) is 7.11 Å². The molecule has 0 spiro atoms. The Bertz CT molecular complexity index is 333. The van der Waals surface area contributed by atoms with Gasteiger partial charge in [-0.1, -0.05) is 13.0 Å². The zero-order valence-corrected chi connectivity index (χ0v) is 12.7. The number of hydrogen-bond acceptors (Lipinski definition) is 2. The zero-order chi connectivity index (χ0) is 12.0. The van der Waals surface area contributed by atoms with E-state index in [1.807, 2.05) is 17.8 Å². The molecule has 16 heavy (non-hydrogen) atoms. The monoisotopic (exact) mass is 322 g/mol. The van der Waals surface area contributed by atoms with E-state index in [1.165, 1.54) is 5.56 Å². The first kappa shape index (κ1) is 14.2. The minimum absolute atomic E-state index is 0.577. The summed E-state index contributed by atoms with van der Waals surface area (Å²) in [6, 6.07) is 6.20. The van der Waals surface area contributed by atoms with E-state index in [-0.39, 0.29) is 0 Å². The highest BCUT2D eigenvalue weighted by molar-refractivity contribution is 9.10. The molecule has 0 radical (unpaired) electrons. The number of thioether (sulfide) groups is 1. The maximum absolute atomic E-state index is 5.76. The molecule has 4 heteroatoms. The van der Waals surface area contributed by atoms with Gasteiger partial charge in [0.25, 0.3) is 0 Å². The minimum atomic E-state index is 0.577. The molecule has 1 aromatic rings.